The van der Waals surface area contributed by atoms with Gasteiger partial charge in [0, 0.05) is 18.7 Å². The van der Waals surface area contributed by atoms with Crippen molar-refractivity contribution in [1.29, 1.82) is 0 Å². The quantitative estimate of drug-likeness (QED) is 0.608. The van der Waals surface area contributed by atoms with Gasteiger partial charge in [0.05, 0.1) is 12.5 Å². The monoisotopic (exact) mass is 409 g/mol. The first-order valence-electron chi connectivity index (χ1n) is 9.59. The third-order valence-electron chi connectivity index (χ3n) is 4.95. The lowest BCUT2D eigenvalue weighted by Crippen LogP contribution is -2.44. The van der Waals surface area contributed by atoms with E-state index in [9.17, 15) is 19.2 Å². The molecule has 8 nitrogen and oxygen atoms in total. The molecule has 1 heterocycles. The molecule has 0 aliphatic carbocycles. The summed E-state index contributed by atoms with van der Waals surface area (Å²) in [7, 11) is 0. The number of nitrogens with zero attached hydrogens (tertiary/aromatic N) is 1. The number of carbonyl (C=O) groups excluding carboxylic acids is 3. The predicted molar refractivity (Wildman–Crippen MR) is 108 cm³/mol. The maximum atomic E-state index is 12.9. The standard InChI is InChI=1S/C22H23N3O5/c1-14(22(29)30)11-23-18(26)12-24-20(27)19-16-9-5-6-10-17(16)21(28)25(19)13-15-7-3-2-4-8-15/h2-10,14,19H,11-13H2,1H3,(H,23,26)(H,24,27)(H,29,30). The highest BCUT2D eigenvalue weighted by Crippen LogP contribution is 2.34. The summed E-state index contributed by atoms with van der Waals surface area (Å²) in [6.07, 6.45) is 0. The molecule has 2 unspecified atom stereocenters. The second-order valence-corrected chi connectivity index (χ2v) is 7.17. The van der Waals surface area contributed by atoms with Gasteiger partial charge in [0.1, 0.15) is 6.04 Å². The number of nitrogens with one attached hydrogen (secondary N) is 2. The van der Waals surface area contributed by atoms with Crippen molar-refractivity contribution < 1.29 is 24.3 Å². The number of carboxylic acids is 1. The molecule has 1 aliphatic rings. The van der Waals surface area contributed by atoms with Crippen molar-refractivity contribution in [1.82, 2.24) is 15.5 Å². The molecule has 156 valence electrons. The molecule has 30 heavy (non-hydrogen) atoms. The first-order chi connectivity index (χ1) is 14.4. The average Bonchev–Trinajstić information content (AvgIpc) is 3.02. The van der Waals surface area contributed by atoms with Gasteiger partial charge in [0.2, 0.25) is 11.8 Å². The van der Waals surface area contributed by atoms with Gasteiger partial charge in [-0.15, -0.1) is 0 Å². The van der Waals surface area contributed by atoms with E-state index >= 15 is 0 Å². The van der Waals surface area contributed by atoms with Crippen molar-refractivity contribution in [3.63, 3.8) is 0 Å². The van der Waals surface area contributed by atoms with Crippen molar-refractivity contribution >= 4 is 23.7 Å². The van der Waals surface area contributed by atoms with Crippen LogP contribution in [0.25, 0.3) is 0 Å². The van der Waals surface area contributed by atoms with Gasteiger partial charge in [-0.05, 0) is 17.2 Å². The molecule has 2 atom stereocenters. The summed E-state index contributed by atoms with van der Waals surface area (Å²) in [4.78, 5) is 50.1. The Morgan fingerprint density at radius 3 is 2.40 bits per heavy atom. The predicted octanol–water partition coefficient (Wildman–Crippen LogP) is 1.34. The molecule has 0 radical (unpaired) electrons. The minimum Gasteiger partial charge on any atom is -0.481 e. The van der Waals surface area contributed by atoms with Gasteiger partial charge in [0.25, 0.3) is 5.91 Å². The SMILES string of the molecule is CC(CNC(=O)CNC(=O)C1c2ccccc2C(=O)N1Cc1ccccc1)C(=O)O. The molecule has 2 aromatic rings. The number of carboxylic acid groups (broad SMARTS) is 1. The van der Waals surface area contributed by atoms with E-state index < -0.39 is 29.7 Å². The molecule has 0 fully saturated rings. The van der Waals surface area contributed by atoms with Crippen LogP contribution in [0.3, 0.4) is 0 Å². The number of benzene rings is 2. The zero-order valence-electron chi connectivity index (χ0n) is 16.5. The molecule has 3 N–H and O–H groups in total. The largest absolute Gasteiger partial charge is 0.481 e. The Morgan fingerprint density at radius 1 is 1.03 bits per heavy atom. The molecule has 0 saturated carbocycles. The van der Waals surface area contributed by atoms with E-state index in [1.165, 1.54) is 11.8 Å². The number of fused-ring (bicyclic) bond motifs is 1. The van der Waals surface area contributed by atoms with Crippen LogP contribution >= 0.6 is 0 Å². The fourth-order valence-electron chi connectivity index (χ4n) is 3.28. The third-order valence-corrected chi connectivity index (χ3v) is 4.95. The zero-order chi connectivity index (χ0) is 21.7. The van der Waals surface area contributed by atoms with Crippen LogP contribution in [0, 0.1) is 5.92 Å². The van der Waals surface area contributed by atoms with Gasteiger partial charge in [0.15, 0.2) is 0 Å². The highest BCUT2D eigenvalue weighted by Gasteiger charge is 2.40. The van der Waals surface area contributed by atoms with Crippen LogP contribution in [0.2, 0.25) is 0 Å². The normalized spacial score (nSPS) is 16.0. The Hall–Kier alpha value is -3.68. The lowest BCUT2D eigenvalue weighted by Gasteiger charge is -2.24. The van der Waals surface area contributed by atoms with Gasteiger partial charge in [-0.3, -0.25) is 19.2 Å². The fourth-order valence-corrected chi connectivity index (χ4v) is 3.28. The molecule has 0 spiro atoms. The number of rotatable bonds is 8. The van der Waals surface area contributed by atoms with Crippen molar-refractivity contribution in [2.75, 3.05) is 13.1 Å². The van der Waals surface area contributed by atoms with E-state index in [1.54, 1.807) is 24.3 Å². The molecule has 0 bridgehead atoms. The van der Waals surface area contributed by atoms with Crippen LogP contribution in [0.1, 0.15) is 34.5 Å². The van der Waals surface area contributed by atoms with Gasteiger partial charge < -0.3 is 20.6 Å². The van der Waals surface area contributed by atoms with Crippen LogP contribution in [-0.4, -0.2) is 46.8 Å². The number of aliphatic carboxylic acids is 1. The molecule has 0 saturated heterocycles. The van der Waals surface area contributed by atoms with Crippen LogP contribution in [0.4, 0.5) is 0 Å². The summed E-state index contributed by atoms with van der Waals surface area (Å²) in [5.74, 6) is -2.95. The summed E-state index contributed by atoms with van der Waals surface area (Å²) < 4.78 is 0. The number of hydrogen-bond acceptors (Lipinski definition) is 4. The Balaban J connectivity index is 1.70. The molecule has 2 aromatic carbocycles. The smallest absolute Gasteiger partial charge is 0.308 e. The Labute approximate surface area is 173 Å². The topological polar surface area (TPSA) is 116 Å². The van der Waals surface area contributed by atoms with Crippen molar-refractivity contribution in [2.45, 2.75) is 19.5 Å². The van der Waals surface area contributed by atoms with Gasteiger partial charge in [-0.2, -0.15) is 0 Å². The van der Waals surface area contributed by atoms with Gasteiger partial charge in [-0.1, -0.05) is 55.5 Å². The third kappa shape index (κ3) is 4.65. The van der Waals surface area contributed by atoms with E-state index in [2.05, 4.69) is 10.6 Å². The van der Waals surface area contributed by atoms with Crippen molar-refractivity contribution in [3.8, 4) is 0 Å². The van der Waals surface area contributed by atoms with E-state index in [0.29, 0.717) is 11.1 Å². The zero-order valence-corrected chi connectivity index (χ0v) is 16.5. The molecule has 8 heteroatoms. The highest BCUT2D eigenvalue weighted by molar-refractivity contribution is 6.05. The first kappa shape index (κ1) is 21.0. The van der Waals surface area contributed by atoms with Gasteiger partial charge in [-0.25, -0.2) is 0 Å². The minimum absolute atomic E-state index is 0.0328. The lowest BCUT2D eigenvalue weighted by molar-refractivity contribution is -0.141. The molecule has 3 amide bonds. The second-order valence-electron chi connectivity index (χ2n) is 7.17. The Morgan fingerprint density at radius 2 is 1.70 bits per heavy atom. The maximum absolute atomic E-state index is 12.9. The van der Waals surface area contributed by atoms with Crippen LogP contribution < -0.4 is 10.6 Å². The summed E-state index contributed by atoms with van der Waals surface area (Å²) >= 11 is 0. The highest BCUT2D eigenvalue weighted by atomic mass is 16.4. The minimum atomic E-state index is -1.02. The molecule has 1 aliphatic heterocycles. The second kappa shape index (κ2) is 9.21. The van der Waals surface area contributed by atoms with Gasteiger partial charge >= 0.3 is 5.97 Å². The molecular weight excluding hydrogens is 386 g/mol. The number of hydrogen-bond donors (Lipinski definition) is 3. The first-order valence-corrected chi connectivity index (χ1v) is 9.59. The Kier molecular flexibility index (Phi) is 6.46. The van der Waals surface area contributed by atoms with E-state index in [1.807, 2.05) is 30.3 Å². The van der Waals surface area contributed by atoms with Crippen molar-refractivity contribution in [2.24, 2.45) is 5.92 Å². The molecule has 0 aromatic heterocycles. The lowest BCUT2D eigenvalue weighted by atomic mass is 10.0. The van der Waals surface area contributed by atoms with Crippen molar-refractivity contribution in [3.05, 3.63) is 71.3 Å². The summed E-state index contributed by atoms with van der Waals surface area (Å²) in [6, 6.07) is 15.4. The Bertz CT molecular complexity index is 960. The van der Waals surface area contributed by atoms with Crippen LogP contribution in [-0.2, 0) is 20.9 Å². The van der Waals surface area contributed by atoms with Crippen LogP contribution in [0.15, 0.2) is 54.6 Å². The molecular formula is C22H23N3O5. The summed E-state index contributed by atoms with van der Waals surface area (Å²) in [5, 5.41) is 13.9. The number of carbonyl (C=O) groups is 4. The fraction of sp³-hybridized carbons (Fsp3) is 0.273. The average molecular weight is 409 g/mol. The van der Waals surface area contributed by atoms with E-state index in [4.69, 9.17) is 5.11 Å². The maximum Gasteiger partial charge on any atom is 0.308 e. The van der Waals surface area contributed by atoms with Crippen LogP contribution in [0.5, 0.6) is 0 Å². The number of amides is 3. The summed E-state index contributed by atoms with van der Waals surface area (Å²) in [5.41, 5.74) is 1.95. The van der Waals surface area contributed by atoms with E-state index in [0.717, 1.165) is 5.56 Å². The molecule has 3 rings (SSSR count). The summed E-state index contributed by atoms with van der Waals surface area (Å²) in [6.45, 7) is 1.39. The van der Waals surface area contributed by atoms with E-state index in [-0.39, 0.29) is 25.5 Å².